The zero-order valence-corrected chi connectivity index (χ0v) is 24.1. The molecule has 9 nitrogen and oxygen atoms in total. The molecule has 220 valence electrons. The molecule has 1 fully saturated rings. The van der Waals surface area contributed by atoms with Crippen molar-refractivity contribution in [1.29, 1.82) is 0 Å². The Balaban J connectivity index is 1.36. The van der Waals surface area contributed by atoms with Gasteiger partial charge in [0.2, 0.25) is 0 Å². The smallest absolute Gasteiger partial charge is 0.255 e. The van der Waals surface area contributed by atoms with Crippen molar-refractivity contribution in [3.8, 4) is 39.6 Å². The minimum absolute atomic E-state index is 0.266. The van der Waals surface area contributed by atoms with Crippen LogP contribution in [0.15, 0.2) is 89.9 Å². The van der Waals surface area contributed by atoms with Gasteiger partial charge in [0.25, 0.3) is 5.91 Å². The highest BCUT2D eigenvalue weighted by Gasteiger charge is 2.48. The van der Waals surface area contributed by atoms with Crippen LogP contribution in [0.2, 0.25) is 0 Å². The van der Waals surface area contributed by atoms with Crippen molar-refractivity contribution in [2.45, 2.75) is 25.3 Å². The number of nitrogens with zero attached hydrogens (tertiary/aromatic N) is 3. The van der Waals surface area contributed by atoms with Gasteiger partial charge in [0, 0.05) is 59.6 Å². The molecule has 0 atom stereocenters. The first-order chi connectivity index (χ1) is 21.5. The summed E-state index contributed by atoms with van der Waals surface area (Å²) in [5.74, 6) is 1.66. The second-order valence-electron chi connectivity index (χ2n) is 10.7. The van der Waals surface area contributed by atoms with E-state index in [4.69, 9.17) is 9.15 Å². The predicted octanol–water partition coefficient (Wildman–Crippen LogP) is 6.95. The number of imidazole rings is 1. The van der Waals surface area contributed by atoms with Gasteiger partial charge < -0.3 is 24.8 Å². The summed E-state index contributed by atoms with van der Waals surface area (Å²) in [5, 5.41) is 7.42. The number of aromatic amines is 1. The number of hydrogen-bond donors (Lipinski definition) is 3. The topological polar surface area (TPSA) is 118 Å². The highest BCUT2D eigenvalue weighted by atomic mass is 19.1. The van der Waals surface area contributed by atoms with Crippen molar-refractivity contribution < 1.29 is 18.3 Å². The van der Waals surface area contributed by atoms with E-state index in [1.807, 2.05) is 31.2 Å². The fourth-order valence-electron chi connectivity index (χ4n) is 5.57. The first kappa shape index (κ1) is 27.3. The Bertz CT molecular complexity index is 1970. The molecular formula is C34H29FN6O3. The van der Waals surface area contributed by atoms with Crippen LogP contribution in [0, 0.1) is 5.82 Å². The van der Waals surface area contributed by atoms with E-state index in [9.17, 15) is 9.18 Å². The second-order valence-corrected chi connectivity index (χ2v) is 10.7. The summed E-state index contributed by atoms with van der Waals surface area (Å²) in [5.41, 5.74) is 4.44. The van der Waals surface area contributed by atoms with E-state index in [2.05, 4.69) is 30.6 Å². The molecule has 6 aromatic rings. The number of benzene rings is 3. The van der Waals surface area contributed by atoms with Gasteiger partial charge in [0.1, 0.15) is 34.3 Å². The van der Waals surface area contributed by atoms with Crippen molar-refractivity contribution in [3.63, 3.8) is 0 Å². The molecule has 3 heterocycles. The highest BCUT2D eigenvalue weighted by Crippen LogP contribution is 2.45. The number of fused-ring (bicyclic) bond motifs is 1. The lowest BCUT2D eigenvalue weighted by atomic mass is 9.96. The second kappa shape index (κ2) is 11.0. The van der Waals surface area contributed by atoms with Gasteiger partial charge in [-0.3, -0.25) is 4.79 Å². The fraction of sp³-hybridized carbons (Fsp3) is 0.176. The van der Waals surface area contributed by atoms with Crippen LogP contribution in [-0.4, -0.2) is 39.5 Å². The summed E-state index contributed by atoms with van der Waals surface area (Å²) in [7, 11) is 1.55. The molecule has 0 radical (unpaired) electrons. The molecule has 0 saturated heterocycles. The van der Waals surface area contributed by atoms with Crippen molar-refractivity contribution in [2.75, 3.05) is 19.0 Å². The lowest BCUT2D eigenvalue weighted by molar-refractivity contribution is 0.0925. The third-order valence-electron chi connectivity index (χ3n) is 7.89. The molecule has 1 saturated carbocycles. The zero-order valence-electron chi connectivity index (χ0n) is 24.1. The summed E-state index contributed by atoms with van der Waals surface area (Å²) in [4.78, 5) is 30.2. The minimum atomic E-state index is -0.585. The van der Waals surface area contributed by atoms with E-state index in [-0.39, 0.29) is 11.7 Å². The standard InChI is InChI=1S/C34H29FN6O3/c1-3-36-26-19-28-24(29(31-37-15-16-38-31)30(44-28)20-5-8-22(35)9-6-20)18-23(26)21-7-10-27(43-2)25(17-21)32(42)41-34(11-12-34)33-39-13-4-14-40-33/h4-10,13-19,36H,3,11-12H2,1-2H3,(H,37,38)(H,41,42). The Morgan fingerprint density at radius 3 is 2.48 bits per heavy atom. The zero-order chi connectivity index (χ0) is 30.3. The minimum Gasteiger partial charge on any atom is -0.496 e. The van der Waals surface area contributed by atoms with Crippen LogP contribution in [0.1, 0.15) is 35.9 Å². The number of amides is 1. The SMILES string of the molecule is CCNc1cc2oc(-c3ccc(F)cc3)c(-c3ncc[nH]3)c2cc1-c1ccc(OC)c(C(=O)NC2(c3ncccn3)CC2)c1. The van der Waals surface area contributed by atoms with Gasteiger partial charge in [0.15, 0.2) is 5.82 Å². The van der Waals surface area contributed by atoms with Gasteiger partial charge in [-0.1, -0.05) is 6.07 Å². The Hall–Kier alpha value is -5.51. The Morgan fingerprint density at radius 1 is 1.02 bits per heavy atom. The lowest BCUT2D eigenvalue weighted by Gasteiger charge is -2.18. The number of hydrogen-bond acceptors (Lipinski definition) is 7. The predicted molar refractivity (Wildman–Crippen MR) is 166 cm³/mol. The van der Waals surface area contributed by atoms with Gasteiger partial charge in [-0.15, -0.1) is 0 Å². The number of furan rings is 1. The molecule has 0 spiro atoms. The molecule has 44 heavy (non-hydrogen) atoms. The first-order valence-electron chi connectivity index (χ1n) is 14.4. The van der Waals surface area contributed by atoms with E-state index in [1.54, 1.807) is 56.2 Å². The molecule has 3 N–H and O–H groups in total. The lowest BCUT2D eigenvalue weighted by Crippen LogP contribution is -2.36. The number of aromatic nitrogens is 4. The maximum Gasteiger partial charge on any atom is 0.255 e. The quantitative estimate of drug-likeness (QED) is 0.167. The van der Waals surface area contributed by atoms with Gasteiger partial charge >= 0.3 is 0 Å². The number of nitrogens with one attached hydrogen (secondary N) is 3. The number of anilines is 1. The molecule has 7 rings (SSSR count). The number of ether oxygens (including phenoxy) is 1. The molecule has 3 aromatic carbocycles. The first-order valence-corrected chi connectivity index (χ1v) is 14.4. The molecule has 0 aliphatic heterocycles. The molecule has 0 unspecified atom stereocenters. The van der Waals surface area contributed by atoms with Gasteiger partial charge in [-0.2, -0.15) is 0 Å². The third kappa shape index (κ3) is 4.84. The molecule has 3 aromatic heterocycles. The number of carbonyl (C=O) groups is 1. The summed E-state index contributed by atoms with van der Waals surface area (Å²) >= 11 is 0. The number of rotatable bonds is 9. The van der Waals surface area contributed by atoms with Crippen molar-refractivity contribution >= 4 is 22.6 Å². The average Bonchev–Trinajstić information content (AvgIpc) is 3.45. The fourth-order valence-corrected chi connectivity index (χ4v) is 5.57. The number of halogens is 1. The van der Waals surface area contributed by atoms with Crippen LogP contribution < -0.4 is 15.4 Å². The summed E-state index contributed by atoms with van der Waals surface area (Å²) in [6.45, 7) is 2.68. The van der Waals surface area contributed by atoms with E-state index < -0.39 is 5.54 Å². The molecule has 1 amide bonds. The van der Waals surface area contributed by atoms with Gasteiger partial charge in [0.05, 0.1) is 18.2 Å². The van der Waals surface area contributed by atoms with Crippen molar-refractivity contribution in [2.24, 2.45) is 0 Å². The molecule has 1 aliphatic rings. The van der Waals surface area contributed by atoms with E-state index >= 15 is 0 Å². The maximum atomic E-state index is 13.8. The monoisotopic (exact) mass is 588 g/mol. The molecule has 10 heteroatoms. The summed E-state index contributed by atoms with van der Waals surface area (Å²) < 4.78 is 25.8. The van der Waals surface area contributed by atoms with Crippen LogP contribution in [0.4, 0.5) is 10.1 Å². The van der Waals surface area contributed by atoms with Crippen molar-refractivity contribution in [1.82, 2.24) is 25.3 Å². The molecule has 1 aliphatic carbocycles. The van der Waals surface area contributed by atoms with E-state index in [0.717, 1.165) is 46.2 Å². The van der Waals surface area contributed by atoms with E-state index in [1.165, 1.54) is 12.1 Å². The average molecular weight is 589 g/mol. The van der Waals surface area contributed by atoms with E-state index in [0.29, 0.717) is 40.8 Å². The van der Waals surface area contributed by atoms with Gasteiger partial charge in [-0.25, -0.2) is 19.3 Å². The van der Waals surface area contributed by atoms with Gasteiger partial charge in [-0.05, 0) is 73.9 Å². The van der Waals surface area contributed by atoms with Crippen LogP contribution >= 0.6 is 0 Å². The third-order valence-corrected chi connectivity index (χ3v) is 7.89. The maximum absolute atomic E-state index is 13.8. The van der Waals surface area contributed by atoms with Crippen LogP contribution in [-0.2, 0) is 5.54 Å². The Morgan fingerprint density at radius 2 is 1.80 bits per heavy atom. The largest absolute Gasteiger partial charge is 0.496 e. The number of methoxy groups -OCH3 is 1. The highest BCUT2D eigenvalue weighted by molar-refractivity contribution is 6.05. The molecular weight excluding hydrogens is 559 g/mol. The normalized spacial score (nSPS) is 13.5. The summed E-state index contributed by atoms with van der Waals surface area (Å²) in [6, 6.07) is 17.5. The number of carbonyl (C=O) groups excluding carboxylic acids is 1. The van der Waals surface area contributed by atoms with Crippen molar-refractivity contribution in [3.05, 3.63) is 103 Å². The Labute approximate surface area is 252 Å². The molecule has 0 bridgehead atoms. The number of H-pyrrole nitrogens is 1. The Kier molecular flexibility index (Phi) is 6.81. The van der Waals surface area contributed by atoms with Crippen LogP contribution in [0.5, 0.6) is 5.75 Å². The summed E-state index contributed by atoms with van der Waals surface area (Å²) in [6.07, 6.45) is 8.32. The van der Waals surface area contributed by atoms with Crippen LogP contribution in [0.25, 0.3) is 44.8 Å². The van der Waals surface area contributed by atoms with Crippen LogP contribution in [0.3, 0.4) is 0 Å².